The van der Waals surface area contributed by atoms with E-state index in [1.807, 2.05) is 6.92 Å². The summed E-state index contributed by atoms with van der Waals surface area (Å²) in [4.78, 5) is 22.4. The van der Waals surface area contributed by atoms with Crippen LogP contribution in [0, 0.1) is 11.8 Å². The average molecular weight is 298 g/mol. The molecule has 0 bridgehead atoms. The molecule has 120 valence electrons. The zero-order valence-electron chi connectivity index (χ0n) is 12.6. The van der Waals surface area contributed by atoms with Crippen LogP contribution in [0.25, 0.3) is 0 Å². The lowest BCUT2D eigenvalue weighted by molar-refractivity contribution is -0.137. The number of carbonyl (C=O) groups is 2. The average Bonchev–Trinajstić information content (AvgIpc) is 2.69. The monoisotopic (exact) mass is 298 g/mol. The van der Waals surface area contributed by atoms with E-state index in [2.05, 4.69) is 0 Å². The summed E-state index contributed by atoms with van der Waals surface area (Å²) in [5.74, 6) is -1.15. The molecule has 0 aromatic heterocycles. The predicted octanol–water partition coefficient (Wildman–Crippen LogP) is 1.91. The van der Waals surface area contributed by atoms with Crippen LogP contribution in [0.1, 0.15) is 51.9 Å². The van der Waals surface area contributed by atoms with Crippen LogP contribution in [0.15, 0.2) is 12.2 Å². The van der Waals surface area contributed by atoms with Crippen LogP contribution in [-0.4, -0.2) is 39.3 Å². The minimum absolute atomic E-state index is 0.0707. The third kappa shape index (κ3) is 5.98. The van der Waals surface area contributed by atoms with Crippen LogP contribution in [0.2, 0.25) is 0 Å². The number of Topliss-reactive ketones (excluding diaryl/α,β-unsaturated/α-hetero) is 1. The highest BCUT2D eigenvalue weighted by Gasteiger charge is 2.39. The number of rotatable bonds is 9. The van der Waals surface area contributed by atoms with Gasteiger partial charge in [0.1, 0.15) is 5.78 Å². The van der Waals surface area contributed by atoms with Crippen LogP contribution in [0.3, 0.4) is 0 Å². The van der Waals surface area contributed by atoms with Crippen LogP contribution < -0.4 is 0 Å². The maximum atomic E-state index is 11.9. The number of aliphatic carboxylic acids is 1. The molecule has 0 heterocycles. The summed E-state index contributed by atoms with van der Waals surface area (Å²) in [6.45, 7) is 1.87. The topological polar surface area (TPSA) is 94.8 Å². The van der Waals surface area contributed by atoms with Gasteiger partial charge >= 0.3 is 5.97 Å². The van der Waals surface area contributed by atoms with Crippen molar-refractivity contribution in [3.8, 4) is 0 Å². The van der Waals surface area contributed by atoms with Crippen molar-refractivity contribution in [1.29, 1.82) is 0 Å². The normalized spacial score (nSPS) is 27.4. The van der Waals surface area contributed by atoms with Crippen molar-refractivity contribution in [3.63, 3.8) is 0 Å². The lowest BCUT2D eigenvalue weighted by atomic mass is 9.88. The molecule has 1 unspecified atom stereocenters. The number of aliphatic hydroxyl groups is 2. The van der Waals surface area contributed by atoms with E-state index in [1.54, 1.807) is 12.2 Å². The lowest BCUT2D eigenvalue weighted by Crippen LogP contribution is -2.19. The van der Waals surface area contributed by atoms with Gasteiger partial charge in [0.05, 0.1) is 12.2 Å². The summed E-state index contributed by atoms with van der Waals surface area (Å²) >= 11 is 0. The van der Waals surface area contributed by atoms with Crippen molar-refractivity contribution < 1.29 is 24.9 Å². The fraction of sp³-hybridized carbons (Fsp3) is 0.750. The highest BCUT2D eigenvalue weighted by Crippen LogP contribution is 2.34. The Kier molecular flexibility index (Phi) is 7.61. The number of hydrogen-bond donors (Lipinski definition) is 3. The molecule has 4 atom stereocenters. The number of carboxylic acid groups (broad SMARTS) is 1. The van der Waals surface area contributed by atoms with Crippen molar-refractivity contribution in [2.45, 2.75) is 64.1 Å². The van der Waals surface area contributed by atoms with E-state index >= 15 is 0 Å². The molecule has 1 rings (SSSR count). The van der Waals surface area contributed by atoms with Crippen LogP contribution in [0.5, 0.6) is 0 Å². The Hall–Kier alpha value is -1.20. The lowest BCUT2D eigenvalue weighted by Gasteiger charge is -2.17. The number of carbonyl (C=O) groups excluding carboxylic acids is 1. The molecular weight excluding hydrogens is 272 g/mol. The van der Waals surface area contributed by atoms with Gasteiger partial charge in [0.15, 0.2) is 0 Å². The van der Waals surface area contributed by atoms with Crippen molar-refractivity contribution in [3.05, 3.63) is 12.2 Å². The minimum atomic E-state index is -0.795. The van der Waals surface area contributed by atoms with Gasteiger partial charge in [0, 0.05) is 24.7 Å². The number of unbranched alkanes of at least 4 members (excludes halogenated alkanes) is 2. The Morgan fingerprint density at radius 3 is 2.71 bits per heavy atom. The summed E-state index contributed by atoms with van der Waals surface area (Å²) in [7, 11) is 0. The molecule has 5 heteroatoms. The van der Waals surface area contributed by atoms with Gasteiger partial charge in [-0.1, -0.05) is 31.9 Å². The van der Waals surface area contributed by atoms with E-state index in [0.29, 0.717) is 19.3 Å². The first kappa shape index (κ1) is 17.9. The molecule has 1 aliphatic rings. The molecule has 0 aliphatic heterocycles. The van der Waals surface area contributed by atoms with Gasteiger partial charge in [-0.15, -0.1) is 0 Å². The summed E-state index contributed by atoms with van der Waals surface area (Å²) in [6.07, 6.45) is 6.02. The van der Waals surface area contributed by atoms with E-state index < -0.39 is 18.2 Å². The molecule has 1 aliphatic carbocycles. The molecule has 3 N–H and O–H groups in total. The summed E-state index contributed by atoms with van der Waals surface area (Å²) in [6, 6.07) is 0. The third-order valence-electron chi connectivity index (χ3n) is 4.11. The van der Waals surface area contributed by atoms with Gasteiger partial charge in [-0.25, -0.2) is 0 Å². The largest absolute Gasteiger partial charge is 0.481 e. The Labute approximate surface area is 125 Å². The molecular formula is C16H26O5. The van der Waals surface area contributed by atoms with Crippen molar-refractivity contribution in [2.24, 2.45) is 11.8 Å². The first-order valence-corrected chi connectivity index (χ1v) is 7.74. The number of carboxylic acids is 1. The van der Waals surface area contributed by atoms with Gasteiger partial charge < -0.3 is 15.3 Å². The molecule has 0 radical (unpaired) electrons. The summed E-state index contributed by atoms with van der Waals surface area (Å²) in [5, 5.41) is 28.1. The molecule has 1 saturated carbocycles. The zero-order valence-corrected chi connectivity index (χ0v) is 12.6. The van der Waals surface area contributed by atoms with E-state index in [4.69, 9.17) is 5.11 Å². The van der Waals surface area contributed by atoms with Crippen molar-refractivity contribution >= 4 is 11.8 Å². The van der Waals surface area contributed by atoms with Crippen LogP contribution in [-0.2, 0) is 9.59 Å². The Balaban J connectivity index is 2.46. The second-order valence-corrected chi connectivity index (χ2v) is 5.78. The Bertz CT molecular complexity index is 377. The third-order valence-corrected chi connectivity index (χ3v) is 4.11. The highest BCUT2D eigenvalue weighted by atomic mass is 16.4. The maximum Gasteiger partial charge on any atom is 0.303 e. The van der Waals surface area contributed by atoms with Gasteiger partial charge in [0.25, 0.3) is 0 Å². The van der Waals surface area contributed by atoms with Crippen LogP contribution in [0.4, 0.5) is 0 Å². The predicted molar refractivity (Wildman–Crippen MR) is 78.8 cm³/mol. The fourth-order valence-electron chi connectivity index (χ4n) is 2.80. The molecule has 0 aromatic carbocycles. The van der Waals surface area contributed by atoms with E-state index in [0.717, 1.165) is 12.8 Å². The number of aliphatic hydroxyl groups excluding tert-OH is 2. The van der Waals surface area contributed by atoms with Gasteiger partial charge in [-0.3, -0.25) is 9.59 Å². The highest BCUT2D eigenvalue weighted by molar-refractivity contribution is 5.84. The van der Waals surface area contributed by atoms with Crippen molar-refractivity contribution in [1.82, 2.24) is 0 Å². The molecule has 21 heavy (non-hydrogen) atoms. The van der Waals surface area contributed by atoms with E-state index in [-0.39, 0.29) is 30.5 Å². The molecule has 5 nitrogen and oxygen atoms in total. The number of ketones is 1. The summed E-state index contributed by atoms with van der Waals surface area (Å²) < 4.78 is 0. The number of hydrogen-bond acceptors (Lipinski definition) is 4. The summed E-state index contributed by atoms with van der Waals surface area (Å²) in [5.41, 5.74) is 0. The quantitative estimate of drug-likeness (QED) is 0.446. The van der Waals surface area contributed by atoms with E-state index in [9.17, 15) is 19.8 Å². The molecule has 0 amide bonds. The van der Waals surface area contributed by atoms with Gasteiger partial charge in [-0.2, -0.15) is 0 Å². The molecule has 0 spiro atoms. The molecule has 1 fully saturated rings. The first-order chi connectivity index (χ1) is 9.95. The zero-order chi connectivity index (χ0) is 15.8. The first-order valence-electron chi connectivity index (χ1n) is 7.74. The van der Waals surface area contributed by atoms with E-state index in [1.165, 1.54) is 0 Å². The van der Waals surface area contributed by atoms with Crippen molar-refractivity contribution in [2.75, 3.05) is 0 Å². The fourth-order valence-corrected chi connectivity index (χ4v) is 2.80. The second kappa shape index (κ2) is 8.95. The molecule has 0 aromatic rings. The molecule has 0 saturated heterocycles. The van der Waals surface area contributed by atoms with Crippen LogP contribution >= 0.6 is 0 Å². The second-order valence-electron chi connectivity index (χ2n) is 5.78. The minimum Gasteiger partial charge on any atom is -0.481 e. The Morgan fingerprint density at radius 2 is 2.10 bits per heavy atom. The smallest absolute Gasteiger partial charge is 0.303 e. The standard InChI is InChI=1S/C16H26O5/c1-2-11(17)8-9-13-12(14(18)10-15(13)19)6-4-3-5-7-16(20)21/h8-9,11-13,15,17,19H,2-7,10H2,1H3,(H,20,21)/t11?,12-,13-,15-/m0/s1. The van der Waals surface area contributed by atoms with Gasteiger partial charge in [-0.05, 0) is 19.3 Å². The Morgan fingerprint density at radius 1 is 1.38 bits per heavy atom. The SMILES string of the molecule is CCC(O)C=C[C@H]1[C@H](CCCCCC(=O)O)C(=O)C[C@@H]1O. The maximum absolute atomic E-state index is 11.9. The van der Waals surface area contributed by atoms with Gasteiger partial charge in [0.2, 0.25) is 0 Å².